The van der Waals surface area contributed by atoms with Gasteiger partial charge < -0.3 is 0 Å². The van der Waals surface area contributed by atoms with Crippen molar-refractivity contribution in [1.82, 2.24) is 15.4 Å². The molecule has 1 amide bonds. The molecule has 0 saturated carbocycles. The summed E-state index contributed by atoms with van der Waals surface area (Å²) in [5.74, 6) is -0.0660. The van der Waals surface area contributed by atoms with Crippen molar-refractivity contribution in [3.8, 4) is 0 Å². The first-order valence-electron chi connectivity index (χ1n) is 9.54. The van der Waals surface area contributed by atoms with Crippen molar-refractivity contribution in [2.75, 3.05) is 0 Å². The monoisotopic (exact) mass is 401 g/mol. The van der Waals surface area contributed by atoms with Gasteiger partial charge in [-0.3, -0.25) is 9.78 Å². The number of pyridine rings is 1. The molecule has 1 N–H and O–H groups in total. The summed E-state index contributed by atoms with van der Waals surface area (Å²) in [4.78, 5) is 16.2. The van der Waals surface area contributed by atoms with Crippen LogP contribution >= 0.6 is 0 Å². The Morgan fingerprint density at radius 1 is 1.07 bits per heavy atom. The van der Waals surface area contributed by atoms with E-state index in [2.05, 4.69) is 15.5 Å². The average molecular weight is 401 g/mol. The van der Waals surface area contributed by atoms with Gasteiger partial charge in [-0.25, -0.2) is 14.8 Å². The molecule has 0 radical (unpaired) electrons. The molecule has 3 aromatic rings. The number of hydrogen-bond acceptors (Lipinski definition) is 4. The Kier molecular flexibility index (Phi) is 5.61. The molecule has 1 aliphatic rings. The summed E-state index contributed by atoms with van der Waals surface area (Å²) in [5, 5.41) is 10.8. The first-order chi connectivity index (χ1) is 14.6. The third-order valence-corrected chi connectivity index (χ3v) is 4.87. The molecule has 0 aliphatic carbocycles. The zero-order valence-corrected chi connectivity index (χ0v) is 16.4. The Morgan fingerprint density at radius 3 is 2.47 bits per heavy atom. The summed E-state index contributed by atoms with van der Waals surface area (Å²) in [7, 11) is 0. The van der Waals surface area contributed by atoms with Crippen molar-refractivity contribution < 1.29 is 9.18 Å². The Balaban J connectivity index is 1.60. The summed E-state index contributed by atoms with van der Waals surface area (Å²) in [6.45, 7) is 1.79. The quantitative estimate of drug-likeness (QED) is 0.406. The van der Waals surface area contributed by atoms with Crippen LogP contribution in [-0.2, 0) is 0 Å². The number of benzene rings is 2. The highest BCUT2D eigenvalue weighted by Crippen LogP contribution is 2.32. The second-order valence-electron chi connectivity index (χ2n) is 6.86. The highest BCUT2D eigenvalue weighted by molar-refractivity contribution is 6.03. The minimum Gasteiger partial charge on any atom is -0.267 e. The van der Waals surface area contributed by atoms with E-state index in [9.17, 15) is 9.18 Å². The van der Waals surface area contributed by atoms with E-state index in [4.69, 9.17) is 5.10 Å². The summed E-state index contributed by atoms with van der Waals surface area (Å²) >= 11 is 0. The van der Waals surface area contributed by atoms with Crippen LogP contribution in [0.4, 0.5) is 4.39 Å². The lowest BCUT2D eigenvalue weighted by atomic mass is 9.98. The van der Waals surface area contributed by atoms with Crippen LogP contribution in [0.25, 0.3) is 0 Å². The molecule has 4 rings (SSSR count). The predicted octanol–water partition coefficient (Wildman–Crippen LogP) is 4.14. The number of amides is 1. The van der Waals surface area contributed by atoms with Crippen LogP contribution < -0.4 is 5.43 Å². The number of nitrogens with one attached hydrogen (secondary N) is 1. The molecule has 7 heteroatoms. The zero-order chi connectivity index (χ0) is 20.9. The van der Waals surface area contributed by atoms with Gasteiger partial charge in [-0.2, -0.15) is 10.2 Å². The lowest BCUT2D eigenvalue weighted by Crippen LogP contribution is -2.28. The van der Waals surface area contributed by atoms with E-state index in [-0.39, 0.29) is 17.8 Å². The van der Waals surface area contributed by atoms with Gasteiger partial charge in [0.2, 0.25) is 0 Å². The number of carbonyl (C=O) groups excluding carboxylic acids is 1. The first-order valence-corrected chi connectivity index (χ1v) is 9.54. The molecule has 0 fully saturated rings. The van der Waals surface area contributed by atoms with E-state index >= 15 is 0 Å². The zero-order valence-electron chi connectivity index (χ0n) is 16.4. The Morgan fingerprint density at radius 2 is 1.77 bits per heavy atom. The Labute approximate surface area is 173 Å². The van der Waals surface area contributed by atoms with Crippen molar-refractivity contribution >= 4 is 17.5 Å². The second kappa shape index (κ2) is 8.65. The van der Waals surface area contributed by atoms with Crippen molar-refractivity contribution in [3.63, 3.8) is 0 Å². The number of rotatable bonds is 4. The van der Waals surface area contributed by atoms with Gasteiger partial charge in [-0.1, -0.05) is 42.5 Å². The van der Waals surface area contributed by atoms with Gasteiger partial charge in [0, 0.05) is 24.4 Å². The van der Waals surface area contributed by atoms with Gasteiger partial charge in [-0.15, -0.1) is 0 Å². The fourth-order valence-corrected chi connectivity index (χ4v) is 3.31. The van der Waals surface area contributed by atoms with Gasteiger partial charge >= 0.3 is 0 Å². The molecular weight excluding hydrogens is 381 g/mol. The van der Waals surface area contributed by atoms with E-state index in [1.54, 1.807) is 48.6 Å². The van der Waals surface area contributed by atoms with Crippen LogP contribution in [0, 0.1) is 5.82 Å². The smallest absolute Gasteiger partial charge is 0.267 e. The highest BCUT2D eigenvalue weighted by atomic mass is 19.1. The number of aromatic nitrogens is 1. The topological polar surface area (TPSA) is 70.0 Å². The van der Waals surface area contributed by atoms with E-state index in [0.29, 0.717) is 17.8 Å². The van der Waals surface area contributed by atoms with Gasteiger partial charge in [0.05, 0.1) is 11.8 Å². The fraction of sp³-hybridized carbons (Fsp3) is 0.130. The van der Waals surface area contributed by atoms with Crippen LogP contribution in [0.15, 0.2) is 89.3 Å². The van der Waals surface area contributed by atoms with E-state index in [0.717, 1.165) is 16.8 Å². The fourth-order valence-electron chi connectivity index (χ4n) is 3.31. The third kappa shape index (κ3) is 4.25. The SMILES string of the molecule is CC(=NNC(=O)c1ccncc1)N1N=C(c2ccc(F)cc2)CC1c1ccccc1. The lowest BCUT2D eigenvalue weighted by Gasteiger charge is -2.23. The summed E-state index contributed by atoms with van der Waals surface area (Å²) in [6, 6.07) is 19.4. The van der Waals surface area contributed by atoms with Crippen LogP contribution in [0.3, 0.4) is 0 Å². The van der Waals surface area contributed by atoms with Crippen LogP contribution in [-0.4, -0.2) is 27.4 Å². The molecule has 2 heterocycles. The minimum absolute atomic E-state index is 0.0761. The number of amidine groups is 1. The van der Waals surface area contributed by atoms with Crippen molar-refractivity contribution in [2.45, 2.75) is 19.4 Å². The normalized spacial score (nSPS) is 16.3. The average Bonchev–Trinajstić information content (AvgIpc) is 3.24. The number of hydrogen-bond donors (Lipinski definition) is 1. The maximum absolute atomic E-state index is 13.3. The lowest BCUT2D eigenvalue weighted by molar-refractivity contribution is 0.0953. The molecule has 0 saturated heterocycles. The summed E-state index contributed by atoms with van der Waals surface area (Å²) in [5.41, 5.74) is 5.81. The molecule has 2 aromatic carbocycles. The van der Waals surface area contributed by atoms with Crippen LogP contribution in [0.2, 0.25) is 0 Å². The predicted molar refractivity (Wildman–Crippen MR) is 113 cm³/mol. The number of halogens is 1. The van der Waals surface area contributed by atoms with Crippen LogP contribution in [0.5, 0.6) is 0 Å². The summed E-state index contributed by atoms with van der Waals surface area (Å²) < 4.78 is 13.3. The molecule has 30 heavy (non-hydrogen) atoms. The minimum atomic E-state index is -0.324. The Hall–Kier alpha value is -3.87. The molecule has 0 spiro atoms. The Bertz CT molecular complexity index is 1080. The highest BCUT2D eigenvalue weighted by Gasteiger charge is 2.30. The molecular formula is C23H20FN5O. The first kappa shape index (κ1) is 19.4. The maximum atomic E-state index is 13.3. The number of hydrazone groups is 2. The van der Waals surface area contributed by atoms with Crippen LogP contribution in [0.1, 0.15) is 40.9 Å². The largest absolute Gasteiger partial charge is 0.271 e. The number of carbonyl (C=O) groups is 1. The van der Waals surface area contributed by atoms with Crippen molar-refractivity contribution in [2.24, 2.45) is 10.2 Å². The van der Waals surface area contributed by atoms with Crippen molar-refractivity contribution in [3.05, 3.63) is 102 Å². The molecule has 150 valence electrons. The molecule has 6 nitrogen and oxygen atoms in total. The van der Waals surface area contributed by atoms with Gasteiger partial charge in [0.1, 0.15) is 11.7 Å². The van der Waals surface area contributed by atoms with E-state index in [1.165, 1.54) is 12.1 Å². The maximum Gasteiger partial charge on any atom is 0.271 e. The van der Waals surface area contributed by atoms with Crippen molar-refractivity contribution in [1.29, 1.82) is 0 Å². The van der Waals surface area contributed by atoms with Gasteiger partial charge in [0.25, 0.3) is 5.91 Å². The van der Waals surface area contributed by atoms with Gasteiger partial charge in [-0.05, 0) is 42.3 Å². The molecule has 1 aliphatic heterocycles. The number of nitrogens with zero attached hydrogens (tertiary/aromatic N) is 4. The molecule has 0 bridgehead atoms. The molecule has 1 aromatic heterocycles. The standard InChI is InChI=1S/C23H20FN5O/c1-16(26-27-23(30)19-11-13-25-14-12-19)29-22(18-5-3-2-4-6-18)15-21(28-29)17-7-9-20(24)10-8-17/h2-14,22H,15H2,1H3,(H,27,30). The van der Waals surface area contributed by atoms with E-state index < -0.39 is 0 Å². The molecule has 1 atom stereocenters. The summed E-state index contributed by atoms with van der Waals surface area (Å²) in [6.07, 6.45) is 3.74. The second-order valence-corrected chi connectivity index (χ2v) is 6.86. The van der Waals surface area contributed by atoms with E-state index in [1.807, 2.05) is 30.3 Å². The third-order valence-electron chi connectivity index (χ3n) is 4.87. The van der Waals surface area contributed by atoms with Gasteiger partial charge in [0.15, 0.2) is 0 Å². The molecule has 1 unspecified atom stereocenters.